The van der Waals surface area contributed by atoms with Gasteiger partial charge in [-0.3, -0.25) is 10.1 Å². The number of hydrogen-bond donors (Lipinski definition) is 3. The van der Waals surface area contributed by atoms with Gasteiger partial charge < -0.3 is 10.3 Å². The number of rotatable bonds is 4. The maximum absolute atomic E-state index is 13.7. The number of halogens is 1. The zero-order valence-corrected chi connectivity index (χ0v) is 19.0. The quantitative estimate of drug-likeness (QED) is 0.298. The highest BCUT2D eigenvalue weighted by Gasteiger charge is 2.34. The normalized spacial score (nSPS) is 17.2. The summed E-state index contributed by atoms with van der Waals surface area (Å²) in [5.41, 5.74) is 7.09. The van der Waals surface area contributed by atoms with Crippen LogP contribution in [0.15, 0.2) is 103 Å². The van der Waals surface area contributed by atoms with E-state index >= 15 is 0 Å². The number of benzene rings is 4. The second kappa shape index (κ2) is 8.85. The average Bonchev–Trinajstić information content (AvgIpc) is 3.27. The number of anilines is 1. The SMILES string of the molecule is O=C(Nc1cccc(F)c1)C1Cc2c([nH]c3ccccc23)C(c2ccc(-c3ccccc3)cc2)N1. The van der Waals surface area contributed by atoms with Crippen LogP contribution in [0.1, 0.15) is 22.9 Å². The smallest absolute Gasteiger partial charge is 0.241 e. The Hall–Kier alpha value is -4.22. The molecule has 172 valence electrons. The van der Waals surface area contributed by atoms with E-state index in [9.17, 15) is 9.18 Å². The molecule has 0 saturated heterocycles. The van der Waals surface area contributed by atoms with E-state index < -0.39 is 6.04 Å². The molecule has 5 heteroatoms. The van der Waals surface area contributed by atoms with E-state index in [2.05, 4.69) is 64.1 Å². The van der Waals surface area contributed by atoms with Crippen molar-refractivity contribution in [1.29, 1.82) is 0 Å². The van der Waals surface area contributed by atoms with Gasteiger partial charge in [-0.05, 0) is 52.9 Å². The molecule has 1 aromatic heterocycles. The molecule has 2 atom stereocenters. The molecule has 4 nitrogen and oxygen atoms in total. The minimum atomic E-state index is -0.469. The molecule has 2 heterocycles. The monoisotopic (exact) mass is 461 g/mol. The van der Waals surface area contributed by atoms with Crippen LogP contribution in [-0.4, -0.2) is 16.9 Å². The Kier molecular flexibility index (Phi) is 5.39. The first kappa shape index (κ1) is 21.3. The van der Waals surface area contributed by atoms with Crippen LogP contribution in [-0.2, 0) is 11.2 Å². The van der Waals surface area contributed by atoms with Crippen LogP contribution in [0.3, 0.4) is 0 Å². The summed E-state index contributed by atoms with van der Waals surface area (Å²) in [4.78, 5) is 16.8. The van der Waals surface area contributed by atoms with E-state index in [1.54, 1.807) is 12.1 Å². The summed E-state index contributed by atoms with van der Waals surface area (Å²) >= 11 is 0. The summed E-state index contributed by atoms with van der Waals surface area (Å²) in [7, 11) is 0. The van der Waals surface area contributed by atoms with Crippen LogP contribution in [0.2, 0.25) is 0 Å². The second-order valence-corrected chi connectivity index (χ2v) is 8.91. The van der Waals surface area contributed by atoms with Gasteiger partial charge in [0.15, 0.2) is 0 Å². The van der Waals surface area contributed by atoms with Crippen LogP contribution in [0.25, 0.3) is 22.0 Å². The number of fused-ring (bicyclic) bond motifs is 3. The molecule has 5 aromatic rings. The summed E-state index contributed by atoms with van der Waals surface area (Å²) in [6, 6.07) is 32.2. The van der Waals surface area contributed by atoms with Crippen molar-refractivity contribution < 1.29 is 9.18 Å². The fourth-order valence-electron chi connectivity index (χ4n) is 4.96. The summed E-state index contributed by atoms with van der Waals surface area (Å²) in [5, 5.41) is 7.54. The molecule has 0 spiro atoms. The Bertz CT molecular complexity index is 1510. The number of amides is 1. The molecule has 0 saturated carbocycles. The number of para-hydroxylation sites is 1. The van der Waals surface area contributed by atoms with Crippen molar-refractivity contribution in [3.63, 3.8) is 0 Å². The van der Waals surface area contributed by atoms with Gasteiger partial charge in [-0.25, -0.2) is 4.39 Å². The van der Waals surface area contributed by atoms with Gasteiger partial charge in [-0.15, -0.1) is 0 Å². The van der Waals surface area contributed by atoms with Gasteiger partial charge in [0.2, 0.25) is 5.91 Å². The Labute approximate surface area is 202 Å². The van der Waals surface area contributed by atoms with Crippen LogP contribution in [0.5, 0.6) is 0 Å². The van der Waals surface area contributed by atoms with Crippen LogP contribution < -0.4 is 10.6 Å². The van der Waals surface area contributed by atoms with E-state index in [0.717, 1.165) is 38.9 Å². The topological polar surface area (TPSA) is 56.9 Å². The van der Waals surface area contributed by atoms with E-state index in [-0.39, 0.29) is 17.8 Å². The van der Waals surface area contributed by atoms with Crippen molar-refractivity contribution in [3.8, 4) is 11.1 Å². The summed E-state index contributed by atoms with van der Waals surface area (Å²) in [6.45, 7) is 0. The molecule has 2 unspecified atom stereocenters. The van der Waals surface area contributed by atoms with Crippen molar-refractivity contribution in [2.75, 3.05) is 5.32 Å². The Morgan fingerprint density at radius 3 is 2.37 bits per heavy atom. The number of hydrogen-bond acceptors (Lipinski definition) is 2. The minimum absolute atomic E-state index is 0.181. The second-order valence-electron chi connectivity index (χ2n) is 8.91. The van der Waals surface area contributed by atoms with Crippen molar-refractivity contribution in [1.82, 2.24) is 10.3 Å². The number of nitrogens with one attached hydrogen (secondary N) is 3. The van der Waals surface area contributed by atoms with Crippen molar-refractivity contribution >= 4 is 22.5 Å². The van der Waals surface area contributed by atoms with Gasteiger partial charge in [0.1, 0.15) is 5.82 Å². The van der Waals surface area contributed by atoms with Crippen LogP contribution in [0.4, 0.5) is 10.1 Å². The first-order valence-corrected chi connectivity index (χ1v) is 11.7. The molecule has 0 bridgehead atoms. The highest BCUT2D eigenvalue weighted by molar-refractivity contribution is 5.96. The summed E-state index contributed by atoms with van der Waals surface area (Å²) < 4.78 is 13.7. The summed E-state index contributed by atoms with van der Waals surface area (Å²) in [6.07, 6.45) is 0.541. The van der Waals surface area contributed by atoms with Gasteiger partial charge in [0, 0.05) is 22.3 Å². The largest absolute Gasteiger partial charge is 0.357 e. The Morgan fingerprint density at radius 2 is 1.57 bits per heavy atom. The zero-order valence-electron chi connectivity index (χ0n) is 19.0. The molecule has 6 rings (SSSR count). The third-order valence-corrected chi connectivity index (χ3v) is 6.67. The first-order chi connectivity index (χ1) is 17.2. The maximum atomic E-state index is 13.7. The fraction of sp³-hybridized carbons (Fsp3) is 0.100. The zero-order chi connectivity index (χ0) is 23.8. The molecule has 0 radical (unpaired) electrons. The van der Waals surface area contributed by atoms with E-state index in [1.807, 2.05) is 30.3 Å². The lowest BCUT2D eigenvalue weighted by atomic mass is 9.89. The molecule has 1 aliphatic heterocycles. The van der Waals surface area contributed by atoms with Crippen molar-refractivity contribution in [2.45, 2.75) is 18.5 Å². The van der Waals surface area contributed by atoms with Crippen molar-refractivity contribution in [2.24, 2.45) is 0 Å². The standard InChI is InChI=1S/C30H24FN3O/c31-22-9-6-10-23(17-22)32-30(35)27-18-25-24-11-4-5-12-26(24)33-29(25)28(34-27)21-15-13-20(14-16-21)19-7-2-1-3-8-19/h1-17,27-28,33-34H,18H2,(H,32,35). The Morgan fingerprint density at radius 1 is 0.829 bits per heavy atom. The van der Waals surface area contributed by atoms with Gasteiger partial charge in [-0.1, -0.05) is 78.9 Å². The van der Waals surface area contributed by atoms with Crippen molar-refractivity contribution in [3.05, 3.63) is 126 Å². The molecule has 1 amide bonds. The molecule has 35 heavy (non-hydrogen) atoms. The molecule has 0 aliphatic carbocycles. The Balaban J connectivity index is 1.36. The number of carbonyl (C=O) groups excluding carboxylic acids is 1. The van der Waals surface area contributed by atoms with Gasteiger partial charge >= 0.3 is 0 Å². The molecule has 4 aromatic carbocycles. The fourth-order valence-corrected chi connectivity index (χ4v) is 4.96. The average molecular weight is 462 g/mol. The molecular weight excluding hydrogens is 437 g/mol. The lowest BCUT2D eigenvalue weighted by molar-refractivity contribution is -0.118. The molecule has 1 aliphatic rings. The van der Waals surface area contributed by atoms with E-state index in [1.165, 1.54) is 12.1 Å². The van der Waals surface area contributed by atoms with Crippen LogP contribution in [0, 0.1) is 5.82 Å². The number of H-pyrrole nitrogens is 1. The molecule has 0 fully saturated rings. The van der Waals surface area contributed by atoms with Gasteiger partial charge in [-0.2, -0.15) is 0 Å². The van der Waals surface area contributed by atoms with Crippen LogP contribution >= 0.6 is 0 Å². The highest BCUT2D eigenvalue weighted by Crippen LogP contribution is 2.36. The number of carbonyl (C=O) groups is 1. The van der Waals surface area contributed by atoms with E-state index in [0.29, 0.717) is 12.1 Å². The third-order valence-electron chi connectivity index (χ3n) is 6.67. The predicted molar refractivity (Wildman–Crippen MR) is 138 cm³/mol. The number of aromatic amines is 1. The highest BCUT2D eigenvalue weighted by atomic mass is 19.1. The maximum Gasteiger partial charge on any atom is 0.241 e. The third kappa shape index (κ3) is 4.11. The lowest BCUT2D eigenvalue weighted by Gasteiger charge is -2.31. The van der Waals surface area contributed by atoms with E-state index in [4.69, 9.17) is 0 Å². The van der Waals surface area contributed by atoms with Gasteiger partial charge in [0.05, 0.1) is 12.1 Å². The summed E-state index contributed by atoms with van der Waals surface area (Å²) in [5.74, 6) is -0.563. The molecular formula is C30H24FN3O. The lowest BCUT2D eigenvalue weighted by Crippen LogP contribution is -2.47. The first-order valence-electron chi connectivity index (χ1n) is 11.7. The minimum Gasteiger partial charge on any atom is -0.357 e. The predicted octanol–water partition coefficient (Wildman–Crippen LogP) is 6.22. The van der Waals surface area contributed by atoms with Gasteiger partial charge in [0.25, 0.3) is 0 Å². The molecule has 3 N–H and O–H groups in total. The number of aromatic nitrogens is 1.